The molecular weight excluding hydrogens is 337 g/mol. The number of nitrogens with zero attached hydrogens (tertiary/aromatic N) is 2. The summed E-state index contributed by atoms with van der Waals surface area (Å²) < 4.78 is 0. The molecule has 1 aliphatic heterocycles. The van der Waals surface area contributed by atoms with Crippen LogP contribution < -0.4 is 5.32 Å². The molecule has 2 rings (SSSR count). The number of aliphatic imine (C=N–C) groups is 1. The Hall–Kier alpha value is 0. The lowest BCUT2D eigenvalue weighted by atomic mass is 9.82. The molecule has 106 valence electrons. The highest BCUT2D eigenvalue weighted by Gasteiger charge is 2.39. The Morgan fingerprint density at radius 3 is 2.39 bits per heavy atom. The van der Waals surface area contributed by atoms with Crippen molar-refractivity contribution in [3.63, 3.8) is 0 Å². The van der Waals surface area contributed by atoms with Crippen molar-refractivity contribution < 1.29 is 0 Å². The molecule has 1 heterocycles. The second-order valence-electron chi connectivity index (χ2n) is 5.89. The molecule has 2 atom stereocenters. The summed E-state index contributed by atoms with van der Waals surface area (Å²) in [6.45, 7) is 9.30. The predicted molar refractivity (Wildman–Crippen MR) is 88.7 cm³/mol. The van der Waals surface area contributed by atoms with Gasteiger partial charge in [-0.1, -0.05) is 20.8 Å². The Morgan fingerprint density at radius 1 is 1.39 bits per heavy atom. The molecule has 0 radical (unpaired) electrons. The molecule has 18 heavy (non-hydrogen) atoms. The van der Waals surface area contributed by atoms with E-state index in [1.165, 1.54) is 38.8 Å². The summed E-state index contributed by atoms with van der Waals surface area (Å²) in [7, 11) is 1.91. The van der Waals surface area contributed by atoms with E-state index in [-0.39, 0.29) is 24.0 Å². The fourth-order valence-corrected chi connectivity index (χ4v) is 2.93. The molecule has 0 spiro atoms. The van der Waals surface area contributed by atoms with E-state index in [2.05, 4.69) is 36.0 Å². The summed E-state index contributed by atoms with van der Waals surface area (Å²) in [5, 5.41) is 3.59. The topological polar surface area (TPSA) is 27.6 Å². The van der Waals surface area contributed by atoms with Crippen molar-refractivity contribution in [1.29, 1.82) is 0 Å². The molecule has 3 nitrogen and oxygen atoms in total. The quantitative estimate of drug-likeness (QED) is 0.473. The van der Waals surface area contributed by atoms with Crippen LogP contribution >= 0.6 is 24.0 Å². The van der Waals surface area contributed by atoms with E-state index < -0.39 is 0 Å². The van der Waals surface area contributed by atoms with Gasteiger partial charge in [-0.2, -0.15) is 0 Å². The van der Waals surface area contributed by atoms with E-state index in [1.54, 1.807) is 0 Å². The zero-order valence-corrected chi connectivity index (χ0v) is 14.5. The SMILES string of the molecule is CCC1(CC)CCN(C(=NC)NC2CC2C)C1.I. The fraction of sp³-hybridized carbons (Fsp3) is 0.929. The second-order valence-corrected chi connectivity index (χ2v) is 5.89. The van der Waals surface area contributed by atoms with E-state index in [4.69, 9.17) is 0 Å². The van der Waals surface area contributed by atoms with Crippen molar-refractivity contribution in [2.45, 2.75) is 52.5 Å². The van der Waals surface area contributed by atoms with E-state index in [1.807, 2.05) is 7.05 Å². The van der Waals surface area contributed by atoms with Crippen LogP contribution in [0.2, 0.25) is 0 Å². The van der Waals surface area contributed by atoms with Crippen LogP contribution in [0.1, 0.15) is 46.5 Å². The van der Waals surface area contributed by atoms with Gasteiger partial charge in [0.15, 0.2) is 5.96 Å². The van der Waals surface area contributed by atoms with Crippen molar-refractivity contribution in [2.24, 2.45) is 16.3 Å². The smallest absolute Gasteiger partial charge is 0.193 e. The monoisotopic (exact) mass is 365 g/mol. The average Bonchev–Trinajstić information content (AvgIpc) is 2.89. The van der Waals surface area contributed by atoms with Crippen LogP contribution in [0.25, 0.3) is 0 Å². The minimum absolute atomic E-state index is 0. The lowest BCUT2D eigenvalue weighted by Crippen LogP contribution is -2.42. The first-order valence-electron chi connectivity index (χ1n) is 7.12. The van der Waals surface area contributed by atoms with Gasteiger partial charge in [0.05, 0.1) is 0 Å². The Kier molecular flexibility index (Phi) is 5.74. The van der Waals surface area contributed by atoms with Crippen molar-refractivity contribution >= 4 is 29.9 Å². The molecule has 4 heteroatoms. The molecule has 0 aromatic carbocycles. The van der Waals surface area contributed by atoms with Gasteiger partial charge >= 0.3 is 0 Å². The van der Waals surface area contributed by atoms with Crippen LogP contribution in [0.15, 0.2) is 4.99 Å². The van der Waals surface area contributed by atoms with E-state index in [9.17, 15) is 0 Å². The number of halogens is 1. The zero-order chi connectivity index (χ0) is 12.5. The van der Waals surface area contributed by atoms with Gasteiger partial charge < -0.3 is 10.2 Å². The Labute approximate surface area is 129 Å². The molecule has 1 N–H and O–H groups in total. The zero-order valence-electron chi connectivity index (χ0n) is 12.2. The normalized spacial score (nSPS) is 30.0. The largest absolute Gasteiger partial charge is 0.353 e. The molecule has 0 aromatic rings. The number of rotatable bonds is 3. The maximum atomic E-state index is 4.45. The third-order valence-corrected chi connectivity index (χ3v) is 4.87. The third-order valence-electron chi connectivity index (χ3n) is 4.87. The first-order valence-corrected chi connectivity index (χ1v) is 7.12. The standard InChI is InChI=1S/C14H27N3.HI/c1-5-14(6-2)7-8-17(10-14)13(15-4)16-12-9-11(12)3;/h11-12H,5-10H2,1-4H3,(H,15,16);1H. The lowest BCUT2D eigenvalue weighted by Gasteiger charge is -2.28. The summed E-state index contributed by atoms with van der Waals surface area (Å²) in [6, 6.07) is 0.673. The molecule has 1 saturated carbocycles. The molecule has 2 aliphatic rings. The van der Waals surface area contributed by atoms with Crippen LogP contribution in [0.3, 0.4) is 0 Å². The van der Waals surface area contributed by atoms with Gasteiger partial charge in [-0.05, 0) is 37.0 Å². The van der Waals surface area contributed by atoms with E-state index in [0.717, 1.165) is 11.9 Å². The molecule has 1 aliphatic carbocycles. The van der Waals surface area contributed by atoms with Crippen molar-refractivity contribution in [1.82, 2.24) is 10.2 Å². The lowest BCUT2D eigenvalue weighted by molar-refractivity contribution is 0.276. The second kappa shape index (κ2) is 6.44. The van der Waals surface area contributed by atoms with E-state index in [0.29, 0.717) is 11.5 Å². The molecule has 0 amide bonds. The highest BCUT2D eigenvalue weighted by atomic mass is 127. The van der Waals surface area contributed by atoms with E-state index >= 15 is 0 Å². The number of hydrogen-bond donors (Lipinski definition) is 1. The van der Waals surface area contributed by atoms with Crippen LogP contribution in [0, 0.1) is 11.3 Å². The number of hydrogen-bond acceptors (Lipinski definition) is 1. The molecule has 1 saturated heterocycles. The molecular formula is C14H28IN3. The Bertz CT molecular complexity index is 299. The van der Waals surface area contributed by atoms with Crippen LogP contribution in [0.4, 0.5) is 0 Å². The Balaban J connectivity index is 0.00000162. The van der Waals surface area contributed by atoms with Crippen LogP contribution in [-0.2, 0) is 0 Å². The first-order chi connectivity index (χ1) is 8.14. The van der Waals surface area contributed by atoms with Gasteiger partial charge in [-0.3, -0.25) is 4.99 Å². The molecule has 2 unspecified atom stereocenters. The van der Waals surface area contributed by atoms with Crippen LogP contribution in [-0.4, -0.2) is 37.0 Å². The summed E-state index contributed by atoms with van der Waals surface area (Å²) in [5.74, 6) is 1.96. The highest BCUT2D eigenvalue weighted by molar-refractivity contribution is 14.0. The van der Waals surface area contributed by atoms with Crippen molar-refractivity contribution in [2.75, 3.05) is 20.1 Å². The van der Waals surface area contributed by atoms with Gasteiger partial charge in [0, 0.05) is 26.2 Å². The van der Waals surface area contributed by atoms with Gasteiger partial charge in [-0.25, -0.2) is 0 Å². The van der Waals surface area contributed by atoms with Crippen molar-refractivity contribution in [3.05, 3.63) is 0 Å². The predicted octanol–water partition coefficient (Wildman–Crippen LogP) is 3.10. The molecule has 0 aromatic heterocycles. The van der Waals surface area contributed by atoms with Gasteiger partial charge in [0.25, 0.3) is 0 Å². The molecule has 2 fully saturated rings. The van der Waals surface area contributed by atoms with Gasteiger partial charge in [0.1, 0.15) is 0 Å². The van der Waals surface area contributed by atoms with Crippen LogP contribution in [0.5, 0.6) is 0 Å². The highest BCUT2D eigenvalue weighted by Crippen LogP contribution is 2.37. The van der Waals surface area contributed by atoms with Gasteiger partial charge in [-0.15, -0.1) is 24.0 Å². The first kappa shape index (κ1) is 16.1. The molecule has 0 bridgehead atoms. The summed E-state index contributed by atoms with van der Waals surface area (Å²) in [5.41, 5.74) is 0.535. The number of likely N-dealkylation sites (tertiary alicyclic amines) is 1. The summed E-state index contributed by atoms with van der Waals surface area (Å²) >= 11 is 0. The maximum absolute atomic E-state index is 4.45. The summed E-state index contributed by atoms with van der Waals surface area (Å²) in [6.07, 6.45) is 5.20. The average molecular weight is 365 g/mol. The van der Waals surface area contributed by atoms with Gasteiger partial charge in [0.2, 0.25) is 0 Å². The minimum atomic E-state index is 0. The fourth-order valence-electron chi connectivity index (χ4n) is 2.93. The number of nitrogens with one attached hydrogen (secondary N) is 1. The Morgan fingerprint density at radius 2 is 2.00 bits per heavy atom. The third kappa shape index (κ3) is 3.31. The number of guanidine groups is 1. The van der Waals surface area contributed by atoms with Crippen molar-refractivity contribution in [3.8, 4) is 0 Å². The summed E-state index contributed by atoms with van der Waals surface area (Å²) in [4.78, 5) is 6.91. The minimum Gasteiger partial charge on any atom is -0.353 e. The maximum Gasteiger partial charge on any atom is 0.193 e.